The van der Waals surface area contributed by atoms with Gasteiger partial charge in [0.15, 0.2) is 5.82 Å². The molecule has 1 aliphatic carbocycles. The fourth-order valence-electron chi connectivity index (χ4n) is 4.63. The Hall–Kier alpha value is -4.22. The van der Waals surface area contributed by atoms with Gasteiger partial charge in [0.05, 0.1) is 29.6 Å². The quantitative estimate of drug-likeness (QED) is 0.457. The average Bonchev–Trinajstić information content (AvgIpc) is 2.85. The Balaban J connectivity index is 1.76. The molecular formula is C27H28F3N5O4. The van der Waals surface area contributed by atoms with Gasteiger partial charge in [0.2, 0.25) is 0 Å². The molecule has 3 aromatic rings. The SMILES string of the molecule is COc1c(C(N)=O)ccc(F)c1-c1ccc(N(C[C@]2(c3ncccc3F)C[C@@H](F)C2)C(=O)OC(C)(C)C)nn1. The minimum absolute atomic E-state index is 0.00158. The number of alkyl halides is 1. The second-order valence-electron chi connectivity index (χ2n) is 10.3. The van der Waals surface area contributed by atoms with E-state index in [1.54, 1.807) is 20.8 Å². The molecule has 4 rings (SSSR count). The zero-order valence-corrected chi connectivity index (χ0v) is 21.9. The van der Waals surface area contributed by atoms with Crippen LogP contribution in [0.1, 0.15) is 49.7 Å². The van der Waals surface area contributed by atoms with Crippen LogP contribution in [0.25, 0.3) is 11.3 Å². The number of carbonyl (C=O) groups excluding carboxylic acids is 2. The molecule has 0 radical (unpaired) electrons. The van der Waals surface area contributed by atoms with Crippen molar-refractivity contribution in [2.75, 3.05) is 18.6 Å². The van der Waals surface area contributed by atoms with Gasteiger partial charge in [0, 0.05) is 18.2 Å². The van der Waals surface area contributed by atoms with Crippen LogP contribution in [0.2, 0.25) is 0 Å². The molecule has 206 valence electrons. The van der Waals surface area contributed by atoms with Crippen LogP contribution < -0.4 is 15.4 Å². The summed E-state index contributed by atoms with van der Waals surface area (Å²) in [6.07, 6.45) is -0.738. The van der Waals surface area contributed by atoms with E-state index in [4.69, 9.17) is 15.2 Å². The van der Waals surface area contributed by atoms with Crippen LogP contribution in [-0.4, -0.2) is 52.6 Å². The Morgan fingerprint density at radius 1 is 1.10 bits per heavy atom. The highest BCUT2D eigenvalue weighted by Crippen LogP contribution is 2.47. The number of nitrogens with zero attached hydrogens (tertiary/aromatic N) is 4. The monoisotopic (exact) mass is 543 g/mol. The van der Waals surface area contributed by atoms with Gasteiger partial charge < -0.3 is 15.2 Å². The van der Waals surface area contributed by atoms with Crippen molar-refractivity contribution in [1.82, 2.24) is 15.2 Å². The maximum atomic E-state index is 14.8. The summed E-state index contributed by atoms with van der Waals surface area (Å²) in [5.74, 6) is -2.31. The number of ether oxygens (including phenoxy) is 2. The summed E-state index contributed by atoms with van der Waals surface area (Å²) in [6.45, 7) is 4.83. The topological polar surface area (TPSA) is 121 Å². The van der Waals surface area contributed by atoms with E-state index in [1.165, 1.54) is 43.6 Å². The molecule has 0 unspecified atom stereocenters. The van der Waals surface area contributed by atoms with E-state index in [0.717, 1.165) is 11.0 Å². The zero-order chi connectivity index (χ0) is 28.5. The summed E-state index contributed by atoms with van der Waals surface area (Å²) in [6, 6.07) is 7.65. The second-order valence-corrected chi connectivity index (χ2v) is 10.3. The molecule has 9 nitrogen and oxygen atoms in total. The number of hydrogen-bond acceptors (Lipinski definition) is 7. The molecule has 0 spiro atoms. The van der Waals surface area contributed by atoms with Crippen molar-refractivity contribution in [2.45, 2.75) is 50.8 Å². The lowest BCUT2D eigenvalue weighted by atomic mass is 9.64. The minimum atomic E-state index is -1.20. The van der Waals surface area contributed by atoms with Crippen LogP contribution in [0.3, 0.4) is 0 Å². The number of amides is 2. The smallest absolute Gasteiger partial charge is 0.416 e. The Kier molecular flexibility index (Phi) is 7.49. The van der Waals surface area contributed by atoms with Crippen molar-refractivity contribution >= 4 is 17.8 Å². The van der Waals surface area contributed by atoms with Gasteiger partial charge in [-0.2, -0.15) is 0 Å². The molecule has 1 fully saturated rings. The third-order valence-corrected chi connectivity index (χ3v) is 6.32. The summed E-state index contributed by atoms with van der Waals surface area (Å²) in [4.78, 5) is 30.4. The predicted octanol–water partition coefficient (Wildman–Crippen LogP) is 4.74. The Morgan fingerprint density at radius 2 is 1.82 bits per heavy atom. The molecule has 2 heterocycles. The van der Waals surface area contributed by atoms with Gasteiger partial charge in [-0.3, -0.25) is 14.7 Å². The molecule has 2 amide bonds. The number of methoxy groups -OCH3 is 1. The van der Waals surface area contributed by atoms with E-state index >= 15 is 0 Å². The molecule has 0 atom stereocenters. The first-order valence-electron chi connectivity index (χ1n) is 12.1. The van der Waals surface area contributed by atoms with E-state index in [9.17, 15) is 22.8 Å². The molecule has 1 saturated carbocycles. The molecule has 12 heteroatoms. The number of benzene rings is 1. The number of rotatable bonds is 7. The summed E-state index contributed by atoms with van der Waals surface area (Å²) in [5, 5.41) is 8.17. The molecule has 39 heavy (non-hydrogen) atoms. The number of pyridine rings is 1. The molecule has 1 aromatic carbocycles. The third kappa shape index (κ3) is 5.64. The number of hydrogen-bond donors (Lipinski definition) is 1. The van der Waals surface area contributed by atoms with Crippen LogP contribution in [0.15, 0.2) is 42.6 Å². The van der Waals surface area contributed by atoms with Gasteiger partial charge in [0.25, 0.3) is 5.91 Å². The van der Waals surface area contributed by atoms with Gasteiger partial charge in [-0.15, -0.1) is 10.2 Å². The van der Waals surface area contributed by atoms with Crippen LogP contribution in [0, 0.1) is 11.6 Å². The Labute approximate surface area is 223 Å². The van der Waals surface area contributed by atoms with Gasteiger partial charge >= 0.3 is 6.09 Å². The van der Waals surface area contributed by atoms with Crippen LogP contribution in [0.4, 0.5) is 23.8 Å². The summed E-state index contributed by atoms with van der Waals surface area (Å²) < 4.78 is 54.6. The Bertz CT molecular complexity index is 1390. The van der Waals surface area contributed by atoms with Crippen molar-refractivity contribution in [1.29, 1.82) is 0 Å². The third-order valence-electron chi connectivity index (χ3n) is 6.32. The summed E-state index contributed by atoms with van der Waals surface area (Å²) >= 11 is 0. The van der Waals surface area contributed by atoms with Crippen molar-refractivity contribution in [3.05, 3.63) is 65.5 Å². The number of anilines is 1. The van der Waals surface area contributed by atoms with Gasteiger partial charge in [-0.25, -0.2) is 18.0 Å². The van der Waals surface area contributed by atoms with Crippen molar-refractivity contribution in [2.24, 2.45) is 5.73 Å². The van der Waals surface area contributed by atoms with E-state index in [-0.39, 0.29) is 53.5 Å². The predicted molar refractivity (Wildman–Crippen MR) is 136 cm³/mol. The van der Waals surface area contributed by atoms with E-state index < -0.39 is 40.8 Å². The summed E-state index contributed by atoms with van der Waals surface area (Å²) in [7, 11) is 1.25. The first-order chi connectivity index (χ1) is 18.3. The van der Waals surface area contributed by atoms with Crippen molar-refractivity contribution in [3.63, 3.8) is 0 Å². The van der Waals surface area contributed by atoms with E-state index in [2.05, 4.69) is 15.2 Å². The van der Waals surface area contributed by atoms with Gasteiger partial charge in [-0.1, -0.05) is 0 Å². The first kappa shape index (κ1) is 27.8. The highest BCUT2D eigenvalue weighted by Gasteiger charge is 2.51. The van der Waals surface area contributed by atoms with Crippen LogP contribution in [0.5, 0.6) is 5.75 Å². The van der Waals surface area contributed by atoms with Gasteiger partial charge in [0.1, 0.15) is 29.2 Å². The maximum Gasteiger partial charge on any atom is 0.416 e. The lowest BCUT2D eigenvalue weighted by Crippen LogP contribution is -2.54. The number of primary amides is 1. The molecule has 0 saturated heterocycles. The second kappa shape index (κ2) is 10.5. The minimum Gasteiger partial charge on any atom is -0.495 e. The normalized spacial score (nSPS) is 18.7. The first-order valence-corrected chi connectivity index (χ1v) is 12.1. The van der Waals surface area contributed by atoms with E-state index in [0.29, 0.717) is 0 Å². The maximum absolute atomic E-state index is 14.8. The highest BCUT2D eigenvalue weighted by molar-refractivity contribution is 5.98. The molecule has 0 bridgehead atoms. The van der Waals surface area contributed by atoms with E-state index in [1.807, 2.05) is 0 Å². The molecule has 2 aromatic heterocycles. The van der Waals surface area contributed by atoms with Crippen molar-refractivity contribution in [3.8, 4) is 17.0 Å². The number of nitrogens with two attached hydrogens (primary N) is 1. The Morgan fingerprint density at radius 3 is 2.36 bits per heavy atom. The van der Waals surface area contributed by atoms with Crippen LogP contribution >= 0.6 is 0 Å². The number of halogens is 3. The average molecular weight is 544 g/mol. The van der Waals surface area contributed by atoms with Gasteiger partial charge in [-0.05, 0) is 70.0 Å². The van der Waals surface area contributed by atoms with Crippen molar-refractivity contribution < 1.29 is 32.2 Å². The zero-order valence-electron chi connectivity index (χ0n) is 21.9. The molecule has 2 N–H and O–H groups in total. The highest BCUT2D eigenvalue weighted by atomic mass is 19.1. The molecular weight excluding hydrogens is 515 g/mol. The summed E-state index contributed by atoms with van der Waals surface area (Å²) in [5.41, 5.74) is 3.19. The van der Waals surface area contributed by atoms with Crippen LogP contribution in [-0.2, 0) is 10.2 Å². The largest absolute Gasteiger partial charge is 0.495 e. The molecule has 1 aliphatic rings. The standard InChI is InChI=1S/C27H28F3N5O4/c1-26(2,3)39-25(37)35(14-27(12-15(28)13-27)23-18(30)6-5-11-32-23)20-10-9-19(33-34-20)21-17(29)8-7-16(24(31)36)22(21)38-4/h5-11,15H,12-14H2,1-4H3,(H2,31,36)/t15-,27+. The lowest BCUT2D eigenvalue weighted by molar-refractivity contribution is 0.0507. The fraction of sp³-hybridized carbons (Fsp3) is 0.370. The molecule has 0 aliphatic heterocycles. The number of aromatic nitrogens is 3. The fourth-order valence-corrected chi connectivity index (χ4v) is 4.63. The number of carbonyl (C=O) groups is 2. The lowest BCUT2D eigenvalue weighted by Gasteiger charge is -2.46.